The molecular formula is C17H17NO2. The Labute approximate surface area is 118 Å². The summed E-state index contributed by atoms with van der Waals surface area (Å²) in [6.07, 6.45) is 0.929. The molecule has 0 spiro atoms. The molecule has 2 unspecified atom stereocenters. The Bertz CT molecular complexity index is 668. The summed E-state index contributed by atoms with van der Waals surface area (Å²) < 4.78 is 0. The molecular weight excluding hydrogens is 250 g/mol. The van der Waals surface area contributed by atoms with E-state index in [1.807, 2.05) is 0 Å². The monoisotopic (exact) mass is 267 g/mol. The fourth-order valence-electron chi connectivity index (χ4n) is 3.65. The highest BCUT2D eigenvalue weighted by molar-refractivity contribution is 5.75. The Kier molecular flexibility index (Phi) is 2.67. The van der Waals surface area contributed by atoms with E-state index in [9.17, 15) is 5.11 Å². The summed E-state index contributed by atoms with van der Waals surface area (Å²) in [5.74, 6) is 0. The fourth-order valence-corrected chi connectivity index (χ4v) is 3.65. The van der Waals surface area contributed by atoms with Crippen LogP contribution in [0, 0.1) is 0 Å². The summed E-state index contributed by atoms with van der Waals surface area (Å²) in [6.45, 7) is 0. The topological polar surface area (TPSA) is 32.7 Å². The number of nitrogens with zero attached hydrogens (tertiary/aromatic N) is 1. The molecule has 2 aliphatic rings. The van der Waals surface area contributed by atoms with Crippen molar-refractivity contribution >= 4 is 0 Å². The standard InChI is InChI=1S/C17H17NO2/c1-20-18-15-9-11-5-2-3-7-13(11)14-8-4-6-12(17(14)15)10-16(18)19/h2-8,15-16,19H,9-10H2,1H3. The average molecular weight is 267 g/mol. The fraction of sp³-hybridized carbons (Fsp3) is 0.294. The van der Waals surface area contributed by atoms with Crippen molar-refractivity contribution in [1.82, 2.24) is 5.06 Å². The van der Waals surface area contributed by atoms with Crippen molar-refractivity contribution in [2.24, 2.45) is 0 Å². The molecule has 0 amide bonds. The maximum absolute atomic E-state index is 10.3. The van der Waals surface area contributed by atoms with Crippen molar-refractivity contribution in [2.75, 3.05) is 7.11 Å². The van der Waals surface area contributed by atoms with E-state index in [4.69, 9.17) is 4.84 Å². The van der Waals surface area contributed by atoms with Gasteiger partial charge in [-0.3, -0.25) is 4.84 Å². The van der Waals surface area contributed by atoms with Crippen LogP contribution in [-0.2, 0) is 17.7 Å². The molecule has 2 atom stereocenters. The zero-order valence-electron chi connectivity index (χ0n) is 11.4. The number of aliphatic hydroxyl groups is 1. The first-order valence-electron chi connectivity index (χ1n) is 7.00. The molecule has 1 aliphatic carbocycles. The van der Waals surface area contributed by atoms with Gasteiger partial charge in [-0.15, -0.1) is 0 Å². The molecule has 1 heterocycles. The van der Waals surface area contributed by atoms with Crippen LogP contribution in [-0.4, -0.2) is 23.5 Å². The van der Waals surface area contributed by atoms with Gasteiger partial charge in [0.2, 0.25) is 0 Å². The minimum Gasteiger partial charge on any atom is -0.376 e. The van der Waals surface area contributed by atoms with Gasteiger partial charge in [0.1, 0.15) is 6.23 Å². The number of hydroxylamine groups is 2. The summed E-state index contributed by atoms with van der Waals surface area (Å²) in [4.78, 5) is 5.45. The molecule has 0 saturated carbocycles. The molecule has 0 fully saturated rings. The molecule has 1 N–H and O–H groups in total. The highest BCUT2D eigenvalue weighted by Crippen LogP contribution is 2.45. The molecule has 0 saturated heterocycles. The number of fused-ring (bicyclic) bond motifs is 2. The van der Waals surface area contributed by atoms with Crippen LogP contribution in [0.4, 0.5) is 0 Å². The lowest BCUT2D eigenvalue weighted by atomic mass is 9.77. The molecule has 20 heavy (non-hydrogen) atoms. The minimum atomic E-state index is -0.571. The molecule has 1 aliphatic heterocycles. The van der Waals surface area contributed by atoms with Crippen molar-refractivity contribution in [3.05, 3.63) is 59.2 Å². The Hall–Kier alpha value is -1.68. The maximum Gasteiger partial charge on any atom is 0.134 e. The second kappa shape index (κ2) is 4.42. The van der Waals surface area contributed by atoms with Gasteiger partial charge in [0.25, 0.3) is 0 Å². The third-order valence-electron chi connectivity index (χ3n) is 4.46. The number of rotatable bonds is 1. The summed E-state index contributed by atoms with van der Waals surface area (Å²) in [7, 11) is 1.64. The highest BCUT2D eigenvalue weighted by Gasteiger charge is 2.38. The van der Waals surface area contributed by atoms with Crippen molar-refractivity contribution < 1.29 is 9.94 Å². The summed E-state index contributed by atoms with van der Waals surface area (Å²) in [5.41, 5.74) is 6.47. The lowest BCUT2D eigenvalue weighted by Gasteiger charge is -2.42. The van der Waals surface area contributed by atoms with E-state index >= 15 is 0 Å². The van der Waals surface area contributed by atoms with Gasteiger partial charge in [0.05, 0.1) is 13.2 Å². The number of hydrogen-bond acceptors (Lipinski definition) is 3. The zero-order chi connectivity index (χ0) is 13.7. The Balaban J connectivity index is 1.98. The van der Waals surface area contributed by atoms with Crippen LogP contribution in [0.2, 0.25) is 0 Å². The second-order valence-corrected chi connectivity index (χ2v) is 5.48. The molecule has 0 bridgehead atoms. The van der Waals surface area contributed by atoms with Gasteiger partial charge in [-0.25, -0.2) is 0 Å². The smallest absolute Gasteiger partial charge is 0.134 e. The van der Waals surface area contributed by atoms with Gasteiger partial charge in [-0.05, 0) is 34.2 Å². The molecule has 3 nitrogen and oxygen atoms in total. The quantitative estimate of drug-likeness (QED) is 0.862. The summed E-state index contributed by atoms with van der Waals surface area (Å²) in [6, 6.07) is 15.0. The molecule has 0 radical (unpaired) electrons. The van der Waals surface area contributed by atoms with Crippen LogP contribution in [0.3, 0.4) is 0 Å². The molecule has 102 valence electrons. The second-order valence-electron chi connectivity index (χ2n) is 5.48. The molecule has 3 heteroatoms. The van der Waals surface area contributed by atoms with E-state index in [1.54, 1.807) is 12.2 Å². The van der Waals surface area contributed by atoms with Crippen LogP contribution >= 0.6 is 0 Å². The largest absolute Gasteiger partial charge is 0.376 e. The molecule has 2 aromatic carbocycles. The molecule has 0 aromatic heterocycles. The predicted molar refractivity (Wildman–Crippen MR) is 76.9 cm³/mol. The van der Waals surface area contributed by atoms with Crippen LogP contribution in [0.5, 0.6) is 0 Å². The molecule has 4 rings (SSSR count). The van der Waals surface area contributed by atoms with Crippen molar-refractivity contribution in [3.8, 4) is 11.1 Å². The first-order valence-corrected chi connectivity index (χ1v) is 7.00. The lowest BCUT2D eigenvalue weighted by Crippen LogP contribution is -2.44. The normalized spacial score (nSPS) is 24.1. The van der Waals surface area contributed by atoms with E-state index in [0.717, 1.165) is 6.42 Å². The van der Waals surface area contributed by atoms with Gasteiger partial charge >= 0.3 is 0 Å². The van der Waals surface area contributed by atoms with Crippen molar-refractivity contribution in [2.45, 2.75) is 25.1 Å². The van der Waals surface area contributed by atoms with E-state index in [-0.39, 0.29) is 6.04 Å². The van der Waals surface area contributed by atoms with E-state index < -0.39 is 6.23 Å². The zero-order valence-corrected chi connectivity index (χ0v) is 11.4. The Morgan fingerprint density at radius 3 is 2.60 bits per heavy atom. The summed E-state index contributed by atoms with van der Waals surface area (Å²) >= 11 is 0. The predicted octanol–water partition coefficient (Wildman–Crippen LogP) is 2.69. The first-order chi connectivity index (χ1) is 9.79. The van der Waals surface area contributed by atoms with Crippen LogP contribution < -0.4 is 0 Å². The van der Waals surface area contributed by atoms with E-state index in [1.165, 1.54) is 27.8 Å². The van der Waals surface area contributed by atoms with Gasteiger partial charge in [-0.1, -0.05) is 42.5 Å². The first kappa shape index (κ1) is 12.1. The van der Waals surface area contributed by atoms with Crippen molar-refractivity contribution in [1.29, 1.82) is 0 Å². The third-order valence-corrected chi connectivity index (χ3v) is 4.46. The lowest BCUT2D eigenvalue weighted by molar-refractivity contribution is -0.251. The minimum absolute atomic E-state index is 0.102. The van der Waals surface area contributed by atoms with Crippen LogP contribution in [0.25, 0.3) is 11.1 Å². The third kappa shape index (κ3) is 1.57. The average Bonchev–Trinajstić information content (AvgIpc) is 2.47. The Morgan fingerprint density at radius 2 is 1.75 bits per heavy atom. The number of aliphatic hydroxyl groups excluding tert-OH is 1. The van der Waals surface area contributed by atoms with Crippen LogP contribution in [0.1, 0.15) is 22.7 Å². The van der Waals surface area contributed by atoms with Gasteiger partial charge in [-0.2, -0.15) is 5.06 Å². The maximum atomic E-state index is 10.3. The SMILES string of the molecule is CON1C(O)Cc2cccc3c2C1Cc1ccccc1-3. The van der Waals surface area contributed by atoms with Gasteiger partial charge in [0.15, 0.2) is 0 Å². The summed E-state index contributed by atoms with van der Waals surface area (Å²) in [5, 5.41) is 12.0. The number of benzene rings is 2. The van der Waals surface area contributed by atoms with Crippen molar-refractivity contribution in [3.63, 3.8) is 0 Å². The molecule has 2 aromatic rings. The van der Waals surface area contributed by atoms with Gasteiger partial charge < -0.3 is 5.11 Å². The number of hydrogen-bond donors (Lipinski definition) is 1. The Morgan fingerprint density at radius 1 is 1.00 bits per heavy atom. The van der Waals surface area contributed by atoms with Crippen LogP contribution in [0.15, 0.2) is 42.5 Å². The van der Waals surface area contributed by atoms with E-state index in [0.29, 0.717) is 6.42 Å². The highest BCUT2D eigenvalue weighted by atomic mass is 16.7. The van der Waals surface area contributed by atoms with Gasteiger partial charge in [0, 0.05) is 6.42 Å². The van der Waals surface area contributed by atoms with E-state index in [2.05, 4.69) is 42.5 Å².